The highest BCUT2D eigenvalue weighted by atomic mass is 32.2. The normalized spacial score (nSPS) is 14.3. The maximum atomic E-state index is 12.3. The van der Waals surface area contributed by atoms with Gasteiger partial charge in [0.2, 0.25) is 5.88 Å². The van der Waals surface area contributed by atoms with E-state index in [2.05, 4.69) is 57.1 Å². The summed E-state index contributed by atoms with van der Waals surface area (Å²) in [6.45, 7) is 1.16. The molecule has 7 heteroatoms. The van der Waals surface area contributed by atoms with Gasteiger partial charge in [-0.1, -0.05) is 42.5 Å². The molecule has 0 radical (unpaired) electrons. The fraction of sp³-hybridized carbons (Fsp3) is 0.292. The lowest BCUT2D eigenvalue weighted by atomic mass is 9.99. The Morgan fingerprint density at radius 1 is 0.968 bits per heavy atom. The number of nitrogens with zero attached hydrogens (tertiary/aromatic N) is 2. The maximum absolute atomic E-state index is 12.3. The van der Waals surface area contributed by atoms with Crippen LogP contribution in [0.2, 0.25) is 0 Å². The Morgan fingerprint density at radius 3 is 2.55 bits per heavy atom. The number of rotatable bonds is 7. The molecule has 4 rings (SSSR count). The van der Waals surface area contributed by atoms with Gasteiger partial charge in [0.1, 0.15) is 0 Å². The summed E-state index contributed by atoms with van der Waals surface area (Å²) in [6, 6.07) is 20.4. The number of pyridine rings is 1. The summed E-state index contributed by atoms with van der Waals surface area (Å²) in [6.07, 6.45) is -1.79. The topological polar surface area (TPSA) is 25.4 Å². The molecule has 0 bridgehead atoms. The van der Waals surface area contributed by atoms with Crippen LogP contribution in [0.4, 0.5) is 13.2 Å². The van der Waals surface area contributed by atoms with Crippen molar-refractivity contribution in [2.45, 2.75) is 36.3 Å². The smallest absolute Gasteiger partial charge is 0.422 e. The lowest BCUT2D eigenvalue weighted by Crippen LogP contribution is -2.30. The van der Waals surface area contributed by atoms with Crippen molar-refractivity contribution in [1.29, 1.82) is 0 Å². The average Bonchev–Trinajstić information content (AvgIpc) is 2.77. The van der Waals surface area contributed by atoms with Crippen molar-refractivity contribution in [2.75, 3.05) is 13.2 Å². The summed E-state index contributed by atoms with van der Waals surface area (Å²) in [7, 11) is 0. The second-order valence-corrected chi connectivity index (χ2v) is 8.62. The minimum atomic E-state index is -4.36. The first-order chi connectivity index (χ1) is 14.9. The molecule has 1 aliphatic rings. The van der Waals surface area contributed by atoms with Gasteiger partial charge >= 0.3 is 6.18 Å². The lowest BCUT2D eigenvalue weighted by molar-refractivity contribution is -0.154. The third-order valence-corrected chi connectivity index (χ3v) is 6.17. The van der Waals surface area contributed by atoms with Crippen LogP contribution in [-0.2, 0) is 25.3 Å². The molecule has 0 fully saturated rings. The van der Waals surface area contributed by atoms with Crippen LogP contribution < -0.4 is 4.74 Å². The highest BCUT2D eigenvalue weighted by Gasteiger charge is 2.28. The van der Waals surface area contributed by atoms with Crippen LogP contribution in [0.3, 0.4) is 0 Å². The number of halogens is 3. The van der Waals surface area contributed by atoms with E-state index < -0.39 is 12.8 Å². The zero-order valence-electron chi connectivity index (χ0n) is 16.9. The van der Waals surface area contributed by atoms with Crippen LogP contribution in [0.15, 0.2) is 71.8 Å². The molecule has 0 atom stereocenters. The number of hydrogen-bond donors (Lipinski definition) is 0. The number of alkyl halides is 3. The molecule has 2 aromatic carbocycles. The van der Waals surface area contributed by atoms with Gasteiger partial charge in [0.25, 0.3) is 0 Å². The molecule has 0 amide bonds. The standard InChI is InChI=1S/C24H23F3N2OS/c25-24(26,27)17-30-23-9-6-19(13-28-23)14-29-11-10-20-7-8-22(12-21(20)15-29)31-16-18-4-2-1-3-5-18/h1-9,12-13H,10-11,14-17H2. The fourth-order valence-corrected chi connectivity index (χ4v) is 4.48. The van der Waals surface area contributed by atoms with E-state index in [-0.39, 0.29) is 5.88 Å². The van der Waals surface area contributed by atoms with Crippen molar-refractivity contribution >= 4 is 11.8 Å². The number of ether oxygens (including phenoxy) is 1. The lowest BCUT2D eigenvalue weighted by Gasteiger charge is -2.29. The summed E-state index contributed by atoms with van der Waals surface area (Å²) in [5.41, 5.74) is 4.98. The van der Waals surface area contributed by atoms with Crippen LogP contribution in [0.25, 0.3) is 0 Å². The molecule has 1 aromatic heterocycles. The summed E-state index contributed by atoms with van der Waals surface area (Å²) < 4.78 is 41.4. The molecule has 0 N–H and O–H groups in total. The van der Waals surface area contributed by atoms with Crippen molar-refractivity contribution in [3.05, 3.63) is 89.1 Å². The van der Waals surface area contributed by atoms with Gasteiger partial charge in [-0.15, -0.1) is 11.8 Å². The van der Waals surface area contributed by atoms with Crippen molar-refractivity contribution < 1.29 is 17.9 Å². The Labute approximate surface area is 184 Å². The predicted octanol–water partition coefficient (Wildman–Crippen LogP) is 5.87. The Morgan fingerprint density at radius 2 is 1.81 bits per heavy atom. The van der Waals surface area contributed by atoms with Crippen LogP contribution >= 0.6 is 11.8 Å². The van der Waals surface area contributed by atoms with Crippen molar-refractivity contribution in [3.63, 3.8) is 0 Å². The third kappa shape index (κ3) is 6.48. The number of aromatic nitrogens is 1. The van der Waals surface area contributed by atoms with Gasteiger partial charge in [-0.05, 0) is 40.8 Å². The van der Waals surface area contributed by atoms with Crippen molar-refractivity contribution in [1.82, 2.24) is 9.88 Å². The van der Waals surface area contributed by atoms with Gasteiger partial charge < -0.3 is 4.74 Å². The molecule has 3 aromatic rings. The Balaban J connectivity index is 1.33. The van der Waals surface area contributed by atoms with E-state index in [0.29, 0.717) is 6.54 Å². The number of fused-ring (bicyclic) bond motifs is 1. The first-order valence-corrected chi connectivity index (χ1v) is 11.1. The molecule has 2 heterocycles. The van der Waals surface area contributed by atoms with Crippen molar-refractivity contribution in [3.8, 4) is 5.88 Å². The summed E-state index contributed by atoms with van der Waals surface area (Å²) in [5, 5.41) is 0. The molecule has 3 nitrogen and oxygen atoms in total. The number of thioether (sulfide) groups is 1. The molecule has 31 heavy (non-hydrogen) atoms. The molecule has 0 saturated heterocycles. The Kier molecular flexibility index (Phi) is 6.83. The molecule has 162 valence electrons. The zero-order valence-corrected chi connectivity index (χ0v) is 17.8. The van der Waals surface area contributed by atoms with E-state index in [1.165, 1.54) is 27.7 Å². The summed E-state index contributed by atoms with van der Waals surface area (Å²) >= 11 is 1.84. The largest absolute Gasteiger partial charge is 0.468 e. The van der Waals surface area contributed by atoms with E-state index in [4.69, 9.17) is 0 Å². The molecule has 0 spiro atoms. The van der Waals surface area contributed by atoms with Gasteiger partial charge in [0.15, 0.2) is 6.61 Å². The van der Waals surface area contributed by atoms with E-state index in [1.807, 2.05) is 17.8 Å². The first kappa shape index (κ1) is 21.7. The van der Waals surface area contributed by atoms with Crippen LogP contribution in [0.1, 0.15) is 22.3 Å². The van der Waals surface area contributed by atoms with Gasteiger partial charge in [0.05, 0.1) is 0 Å². The SMILES string of the molecule is FC(F)(F)COc1ccc(CN2CCc3ccc(SCc4ccccc4)cc3C2)cn1. The molecule has 1 aliphatic heterocycles. The predicted molar refractivity (Wildman–Crippen MR) is 116 cm³/mol. The van der Waals surface area contributed by atoms with Crippen LogP contribution in [-0.4, -0.2) is 29.2 Å². The summed E-state index contributed by atoms with van der Waals surface area (Å²) in [4.78, 5) is 7.60. The minimum absolute atomic E-state index is 0.00912. The Hall–Kier alpha value is -2.51. The molecule has 0 aliphatic carbocycles. The number of hydrogen-bond acceptors (Lipinski definition) is 4. The van der Waals surface area contributed by atoms with Gasteiger partial charge in [-0.2, -0.15) is 13.2 Å². The molecular formula is C24H23F3N2OS. The van der Waals surface area contributed by atoms with E-state index in [1.54, 1.807) is 12.3 Å². The second kappa shape index (κ2) is 9.75. The second-order valence-electron chi connectivity index (χ2n) is 7.57. The van der Waals surface area contributed by atoms with Crippen molar-refractivity contribution in [2.24, 2.45) is 0 Å². The minimum Gasteiger partial charge on any atom is -0.468 e. The van der Waals surface area contributed by atoms with E-state index in [9.17, 15) is 13.2 Å². The highest BCUT2D eigenvalue weighted by molar-refractivity contribution is 7.98. The molecular weight excluding hydrogens is 421 g/mol. The monoisotopic (exact) mass is 444 g/mol. The Bertz CT molecular complexity index is 994. The first-order valence-electron chi connectivity index (χ1n) is 10.1. The number of benzene rings is 2. The van der Waals surface area contributed by atoms with E-state index in [0.717, 1.165) is 30.8 Å². The molecule has 0 unspecified atom stereocenters. The average molecular weight is 445 g/mol. The maximum Gasteiger partial charge on any atom is 0.422 e. The summed E-state index contributed by atoms with van der Waals surface area (Å²) in [5.74, 6) is 0.933. The fourth-order valence-electron chi connectivity index (χ4n) is 3.56. The van der Waals surface area contributed by atoms with Crippen LogP contribution in [0.5, 0.6) is 5.88 Å². The van der Waals surface area contributed by atoms with Gasteiger partial charge in [0, 0.05) is 42.5 Å². The third-order valence-electron chi connectivity index (χ3n) is 5.10. The quantitative estimate of drug-likeness (QED) is 0.426. The molecule has 0 saturated carbocycles. The highest BCUT2D eigenvalue weighted by Crippen LogP contribution is 2.28. The van der Waals surface area contributed by atoms with Gasteiger partial charge in [-0.25, -0.2) is 4.98 Å². The van der Waals surface area contributed by atoms with Crippen LogP contribution in [0, 0.1) is 0 Å². The van der Waals surface area contributed by atoms with E-state index >= 15 is 0 Å². The van der Waals surface area contributed by atoms with Gasteiger partial charge in [-0.3, -0.25) is 4.90 Å². The zero-order chi connectivity index (χ0) is 21.7.